The summed E-state index contributed by atoms with van der Waals surface area (Å²) < 4.78 is 34.0. The van der Waals surface area contributed by atoms with Crippen LogP contribution in [-0.4, -0.2) is 44.2 Å². The summed E-state index contributed by atoms with van der Waals surface area (Å²) in [5.74, 6) is -0.847. The Balaban J connectivity index is 0.000000318. The Kier molecular flexibility index (Phi) is 7.14. The number of amides is 1. The predicted molar refractivity (Wildman–Crippen MR) is 104 cm³/mol. The van der Waals surface area contributed by atoms with Crippen molar-refractivity contribution in [1.29, 1.82) is 0 Å². The predicted octanol–water partition coefficient (Wildman–Crippen LogP) is 3.01. The number of hydrogen-bond donors (Lipinski definition) is 2. The van der Waals surface area contributed by atoms with E-state index in [0.717, 1.165) is 37.7 Å². The molecule has 1 saturated carbocycles. The van der Waals surface area contributed by atoms with Crippen molar-refractivity contribution in [1.82, 2.24) is 19.8 Å². The number of nitrogens with one attached hydrogen (secondary N) is 1. The molecule has 1 amide bonds. The molecular formula is C19H23F3N4O3S. The number of thiophene rings is 1. The van der Waals surface area contributed by atoms with Crippen LogP contribution in [0, 0.1) is 5.92 Å². The molecule has 1 fully saturated rings. The van der Waals surface area contributed by atoms with Gasteiger partial charge in [-0.15, -0.1) is 11.3 Å². The Labute approximate surface area is 175 Å². The molecule has 1 aliphatic carbocycles. The summed E-state index contributed by atoms with van der Waals surface area (Å²) in [5, 5.41) is 12.3. The molecule has 3 heterocycles. The minimum absolute atomic E-state index is 0.165. The number of carbonyl (C=O) groups excluding carboxylic acids is 1. The summed E-state index contributed by atoms with van der Waals surface area (Å²) in [5.41, 5.74) is 0.974. The van der Waals surface area contributed by atoms with Gasteiger partial charge in [0.15, 0.2) is 0 Å². The van der Waals surface area contributed by atoms with Crippen molar-refractivity contribution in [2.45, 2.75) is 51.6 Å². The van der Waals surface area contributed by atoms with E-state index in [1.165, 1.54) is 17.7 Å². The second kappa shape index (κ2) is 9.61. The van der Waals surface area contributed by atoms with Gasteiger partial charge in [-0.05, 0) is 30.2 Å². The highest BCUT2D eigenvalue weighted by Crippen LogP contribution is 2.32. The van der Waals surface area contributed by atoms with Crippen molar-refractivity contribution in [3.05, 3.63) is 40.1 Å². The molecule has 0 spiro atoms. The van der Waals surface area contributed by atoms with Gasteiger partial charge in [0, 0.05) is 37.1 Å². The minimum atomic E-state index is -5.08. The van der Waals surface area contributed by atoms with Gasteiger partial charge in [-0.1, -0.05) is 6.07 Å². The monoisotopic (exact) mass is 444 g/mol. The number of fused-ring (bicyclic) bond motifs is 1. The molecule has 2 aromatic rings. The summed E-state index contributed by atoms with van der Waals surface area (Å²) in [6.45, 7) is 4.46. The van der Waals surface area contributed by atoms with Gasteiger partial charge in [-0.3, -0.25) is 9.69 Å². The number of carboxylic acids is 1. The van der Waals surface area contributed by atoms with Gasteiger partial charge in [0.1, 0.15) is 5.82 Å². The Morgan fingerprint density at radius 3 is 2.63 bits per heavy atom. The van der Waals surface area contributed by atoms with Gasteiger partial charge in [0.05, 0.1) is 18.8 Å². The molecule has 164 valence electrons. The van der Waals surface area contributed by atoms with E-state index in [-0.39, 0.29) is 5.91 Å². The summed E-state index contributed by atoms with van der Waals surface area (Å²) >= 11 is 1.81. The van der Waals surface area contributed by atoms with E-state index in [2.05, 4.69) is 38.5 Å². The fraction of sp³-hybridized carbons (Fsp3) is 0.526. The number of hydrogen-bond acceptors (Lipinski definition) is 5. The van der Waals surface area contributed by atoms with Crippen LogP contribution in [-0.2, 0) is 35.8 Å². The molecule has 0 radical (unpaired) electrons. The van der Waals surface area contributed by atoms with Crippen molar-refractivity contribution in [3.63, 3.8) is 0 Å². The van der Waals surface area contributed by atoms with Gasteiger partial charge in [0.2, 0.25) is 5.91 Å². The maximum absolute atomic E-state index is 11.8. The summed E-state index contributed by atoms with van der Waals surface area (Å²) in [4.78, 5) is 29.2. The number of carbonyl (C=O) groups is 2. The van der Waals surface area contributed by atoms with Gasteiger partial charge in [-0.2, -0.15) is 13.2 Å². The van der Waals surface area contributed by atoms with E-state index < -0.39 is 12.1 Å². The van der Waals surface area contributed by atoms with Crippen molar-refractivity contribution >= 4 is 23.2 Å². The third kappa shape index (κ3) is 6.84. The normalized spacial score (nSPS) is 16.4. The third-order valence-corrected chi connectivity index (χ3v) is 5.63. The van der Waals surface area contributed by atoms with Crippen molar-refractivity contribution < 1.29 is 27.9 Å². The van der Waals surface area contributed by atoms with Crippen LogP contribution >= 0.6 is 11.3 Å². The minimum Gasteiger partial charge on any atom is -0.475 e. The van der Waals surface area contributed by atoms with Gasteiger partial charge in [0.25, 0.3) is 0 Å². The topological polar surface area (TPSA) is 87.5 Å². The van der Waals surface area contributed by atoms with Crippen LogP contribution < -0.4 is 5.32 Å². The Bertz CT molecular complexity index is 863. The molecule has 2 aromatic heterocycles. The van der Waals surface area contributed by atoms with Crippen molar-refractivity contribution in [3.8, 4) is 0 Å². The zero-order chi connectivity index (χ0) is 21.7. The van der Waals surface area contributed by atoms with E-state index in [4.69, 9.17) is 14.9 Å². The molecule has 7 nitrogen and oxygen atoms in total. The molecule has 1 aliphatic heterocycles. The van der Waals surface area contributed by atoms with Crippen LogP contribution in [0.15, 0.2) is 23.7 Å². The SMILES string of the molecule is O=C(CC1CC1)NCc1cn2c(n1)CN(Cc1cccs1)CC2.O=C(O)C(F)(F)F. The number of nitrogens with zero attached hydrogens (tertiary/aromatic N) is 3. The first-order valence-corrected chi connectivity index (χ1v) is 10.4. The lowest BCUT2D eigenvalue weighted by Gasteiger charge is -2.26. The van der Waals surface area contributed by atoms with Crippen LogP contribution in [0.1, 0.15) is 35.7 Å². The van der Waals surface area contributed by atoms with Crippen LogP contribution in [0.4, 0.5) is 13.2 Å². The molecule has 2 N–H and O–H groups in total. The standard InChI is InChI=1S/C17H22N4OS.C2HF3O2/c22-17(8-13-3-4-13)18-9-14-10-21-6-5-20(12-16(21)19-14)11-15-2-1-7-23-15;3-2(4,5)1(6)7/h1-2,7,10,13H,3-6,8-9,11-12H2,(H,18,22);(H,6,7). The Hall–Kier alpha value is -2.40. The lowest BCUT2D eigenvalue weighted by atomic mass is 10.3. The maximum atomic E-state index is 11.8. The van der Waals surface area contributed by atoms with Gasteiger partial charge >= 0.3 is 12.1 Å². The van der Waals surface area contributed by atoms with Crippen LogP contribution in [0.25, 0.3) is 0 Å². The third-order valence-electron chi connectivity index (χ3n) is 4.77. The number of aliphatic carboxylic acids is 1. The average Bonchev–Trinajstić information content (AvgIpc) is 3.16. The van der Waals surface area contributed by atoms with E-state index in [1.807, 2.05) is 11.3 Å². The van der Waals surface area contributed by atoms with Crippen LogP contribution in [0.3, 0.4) is 0 Å². The zero-order valence-electron chi connectivity index (χ0n) is 16.2. The largest absolute Gasteiger partial charge is 0.490 e. The lowest BCUT2D eigenvalue weighted by Crippen LogP contribution is -2.32. The highest BCUT2D eigenvalue weighted by atomic mass is 32.1. The number of imidazole rings is 1. The van der Waals surface area contributed by atoms with Gasteiger partial charge < -0.3 is 15.0 Å². The average molecular weight is 444 g/mol. The summed E-state index contributed by atoms with van der Waals surface area (Å²) in [6, 6.07) is 4.29. The summed E-state index contributed by atoms with van der Waals surface area (Å²) in [6.07, 6.45) is 0.121. The molecule has 11 heteroatoms. The highest BCUT2D eigenvalue weighted by molar-refractivity contribution is 7.09. The van der Waals surface area contributed by atoms with Crippen molar-refractivity contribution in [2.24, 2.45) is 5.92 Å². The molecular weight excluding hydrogens is 421 g/mol. The number of rotatable bonds is 6. The summed E-state index contributed by atoms with van der Waals surface area (Å²) in [7, 11) is 0. The molecule has 4 rings (SSSR count). The number of alkyl halides is 3. The Morgan fingerprint density at radius 2 is 2.03 bits per heavy atom. The zero-order valence-corrected chi connectivity index (χ0v) is 17.0. The first-order chi connectivity index (χ1) is 14.2. The number of carboxylic acid groups (broad SMARTS) is 1. The van der Waals surface area contributed by atoms with E-state index >= 15 is 0 Å². The first kappa shape index (κ1) is 22.3. The second-order valence-corrected chi connectivity index (χ2v) is 8.39. The molecule has 0 atom stereocenters. The molecule has 0 unspecified atom stereocenters. The van der Waals surface area contributed by atoms with E-state index in [9.17, 15) is 18.0 Å². The Morgan fingerprint density at radius 1 is 1.30 bits per heavy atom. The first-order valence-electron chi connectivity index (χ1n) is 9.57. The molecule has 0 saturated heterocycles. The van der Waals surface area contributed by atoms with E-state index in [0.29, 0.717) is 18.9 Å². The van der Waals surface area contributed by atoms with Crippen molar-refractivity contribution in [2.75, 3.05) is 6.54 Å². The smallest absolute Gasteiger partial charge is 0.475 e. The molecule has 2 aliphatic rings. The number of halogens is 3. The van der Waals surface area contributed by atoms with Gasteiger partial charge in [-0.25, -0.2) is 9.78 Å². The molecule has 0 bridgehead atoms. The van der Waals surface area contributed by atoms with Crippen LogP contribution in [0.2, 0.25) is 0 Å². The maximum Gasteiger partial charge on any atom is 0.490 e. The quantitative estimate of drug-likeness (QED) is 0.715. The second-order valence-electron chi connectivity index (χ2n) is 7.36. The van der Waals surface area contributed by atoms with Crippen LogP contribution in [0.5, 0.6) is 0 Å². The fourth-order valence-electron chi connectivity index (χ4n) is 3.05. The van der Waals surface area contributed by atoms with E-state index in [1.54, 1.807) is 0 Å². The fourth-order valence-corrected chi connectivity index (χ4v) is 3.80. The number of aromatic nitrogens is 2. The molecule has 0 aromatic carbocycles. The highest BCUT2D eigenvalue weighted by Gasteiger charge is 2.38. The molecule has 30 heavy (non-hydrogen) atoms. The lowest BCUT2D eigenvalue weighted by molar-refractivity contribution is -0.192.